The summed E-state index contributed by atoms with van der Waals surface area (Å²) in [5.41, 5.74) is 7.97. The first kappa shape index (κ1) is 23.2. The van der Waals surface area contributed by atoms with Gasteiger partial charge in [0.05, 0.1) is 18.8 Å². The lowest BCUT2D eigenvalue weighted by molar-refractivity contribution is -0.137. The molecule has 10 heteroatoms. The van der Waals surface area contributed by atoms with Crippen LogP contribution >= 0.6 is 11.3 Å². The van der Waals surface area contributed by atoms with E-state index < -0.39 is 17.9 Å². The van der Waals surface area contributed by atoms with Gasteiger partial charge in [0, 0.05) is 48.4 Å². The molecule has 176 valence electrons. The number of thiophene rings is 1. The number of aliphatic carboxylic acids is 1. The van der Waals surface area contributed by atoms with E-state index in [2.05, 4.69) is 11.0 Å². The van der Waals surface area contributed by atoms with Crippen LogP contribution in [0, 0.1) is 0 Å². The maximum atomic E-state index is 12.8. The number of amides is 2. The van der Waals surface area contributed by atoms with Crippen LogP contribution in [-0.2, 0) is 34.0 Å². The van der Waals surface area contributed by atoms with Crippen LogP contribution in [0.4, 0.5) is 0 Å². The number of hydrogen-bond donors (Lipinski definition) is 2. The molecule has 1 aromatic carbocycles. The Hall–Kier alpha value is -2.95. The van der Waals surface area contributed by atoms with Gasteiger partial charge in [0.15, 0.2) is 0 Å². The molecule has 9 nitrogen and oxygen atoms in total. The first-order chi connectivity index (χ1) is 15.9. The SMILES string of the molecule is NC(=O)[C@H](CCC(=O)O)N1Cc2c(csc2COc2cccc(CN3CCOCC3)c2)C1=O. The normalized spacial score (nSPS) is 17.1. The maximum Gasteiger partial charge on any atom is 0.303 e. The Labute approximate surface area is 195 Å². The molecule has 1 atom stereocenters. The Bertz CT molecular complexity index is 1030. The van der Waals surface area contributed by atoms with E-state index in [9.17, 15) is 14.4 Å². The monoisotopic (exact) mass is 473 g/mol. The van der Waals surface area contributed by atoms with Gasteiger partial charge in [0.25, 0.3) is 5.91 Å². The fraction of sp³-hybridized carbons (Fsp3) is 0.435. The lowest BCUT2D eigenvalue weighted by Crippen LogP contribution is -2.45. The molecule has 1 saturated heterocycles. The number of carbonyl (C=O) groups is 3. The number of carboxylic acid groups (broad SMARTS) is 1. The third-order valence-corrected chi connectivity index (χ3v) is 6.92. The van der Waals surface area contributed by atoms with Gasteiger partial charge >= 0.3 is 5.97 Å². The fourth-order valence-electron chi connectivity index (χ4n) is 4.16. The van der Waals surface area contributed by atoms with E-state index in [-0.39, 0.29) is 25.3 Å². The van der Waals surface area contributed by atoms with Gasteiger partial charge in [0.2, 0.25) is 5.91 Å². The molecule has 0 radical (unpaired) electrons. The topological polar surface area (TPSA) is 122 Å². The van der Waals surface area contributed by atoms with Gasteiger partial charge in [-0.15, -0.1) is 11.3 Å². The van der Waals surface area contributed by atoms with Crippen LogP contribution in [0.3, 0.4) is 0 Å². The van der Waals surface area contributed by atoms with Gasteiger partial charge in [-0.2, -0.15) is 0 Å². The molecule has 1 fully saturated rings. The number of benzene rings is 1. The zero-order chi connectivity index (χ0) is 23.4. The van der Waals surface area contributed by atoms with Crippen LogP contribution in [0.15, 0.2) is 29.6 Å². The van der Waals surface area contributed by atoms with E-state index in [4.69, 9.17) is 20.3 Å². The minimum Gasteiger partial charge on any atom is -0.488 e. The van der Waals surface area contributed by atoms with E-state index >= 15 is 0 Å². The number of ether oxygens (including phenoxy) is 2. The largest absolute Gasteiger partial charge is 0.488 e. The van der Waals surface area contributed by atoms with Gasteiger partial charge in [-0.25, -0.2) is 0 Å². The van der Waals surface area contributed by atoms with E-state index in [0.29, 0.717) is 12.2 Å². The summed E-state index contributed by atoms with van der Waals surface area (Å²) in [5, 5.41) is 10.7. The molecule has 2 aromatic rings. The molecule has 0 unspecified atom stereocenters. The van der Waals surface area contributed by atoms with Gasteiger partial charge < -0.3 is 25.2 Å². The number of carboxylic acids is 1. The van der Waals surface area contributed by atoms with Crippen LogP contribution < -0.4 is 10.5 Å². The second kappa shape index (κ2) is 10.3. The van der Waals surface area contributed by atoms with Crippen LogP contribution in [0.1, 0.15) is 39.2 Å². The molecule has 0 saturated carbocycles. The van der Waals surface area contributed by atoms with Crippen molar-refractivity contribution in [3.63, 3.8) is 0 Å². The third kappa shape index (κ3) is 5.52. The Morgan fingerprint density at radius 2 is 2.06 bits per heavy atom. The average Bonchev–Trinajstić information content (AvgIpc) is 3.33. The van der Waals surface area contributed by atoms with Gasteiger partial charge in [-0.3, -0.25) is 19.3 Å². The second-order valence-electron chi connectivity index (χ2n) is 8.16. The standard InChI is InChI=1S/C23H27N3O6S/c24-22(29)19(4-5-21(27)28)26-12-17-18(23(26)30)14-33-20(17)13-32-16-3-1-2-15(10-16)11-25-6-8-31-9-7-25/h1-3,10,14,19H,4-9,11-13H2,(H2,24,29)(H,27,28)/t19-/m0/s1. The van der Waals surface area contributed by atoms with Crippen LogP contribution in [0.5, 0.6) is 5.75 Å². The molecule has 0 aliphatic carbocycles. The Morgan fingerprint density at radius 1 is 1.27 bits per heavy atom. The number of fused-ring (bicyclic) bond motifs is 1. The van der Waals surface area contributed by atoms with Crippen LogP contribution in [0.2, 0.25) is 0 Å². The van der Waals surface area contributed by atoms with Crippen molar-refractivity contribution in [3.05, 3.63) is 51.2 Å². The van der Waals surface area contributed by atoms with E-state index in [1.807, 2.05) is 18.2 Å². The summed E-state index contributed by atoms with van der Waals surface area (Å²) in [6, 6.07) is 7.02. The summed E-state index contributed by atoms with van der Waals surface area (Å²) in [5.74, 6) is -1.28. The quantitative estimate of drug-likeness (QED) is 0.540. The summed E-state index contributed by atoms with van der Waals surface area (Å²) in [6.45, 7) is 4.69. The summed E-state index contributed by atoms with van der Waals surface area (Å²) in [6.07, 6.45) is -0.243. The van der Waals surface area contributed by atoms with Crippen molar-refractivity contribution in [2.24, 2.45) is 5.73 Å². The molecule has 0 bridgehead atoms. The molecule has 2 aliphatic heterocycles. The molecule has 3 heterocycles. The van der Waals surface area contributed by atoms with E-state index in [0.717, 1.165) is 54.6 Å². The summed E-state index contributed by atoms with van der Waals surface area (Å²) in [4.78, 5) is 40.3. The average molecular weight is 474 g/mol. The lowest BCUT2D eigenvalue weighted by atomic mass is 10.1. The number of primary amides is 1. The van der Waals surface area contributed by atoms with Crippen molar-refractivity contribution in [3.8, 4) is 5.75 Å². The highest BCUT2D eigenvalue weighted by Crippen LogP contribution is 2.34. The maximum absolute atomic E-state index is 12.8. The van der Waals surface area contributed by atoms with Crippen molar-refractivity contribution >= 4 is 29.1 Å². The number of nitrogens with zero attached hydrogens (tertiary/aromatic N) is 2. The predicted molar refractivity (Wildman–Crippen MR) is 121 cm³/mol. The predicted octanol–water partition coefficient (Wildman–Crippen LogP) is 1.83. The zero-order valence-electron chi connectivity index (χ0n) is 18.2. The molecular weight excluding hydrogens is 446 g/mol. The highest BCUT2D eigenvalue weighted by atomic mass is 32.1. The molecular formula is C23H27N3O6S. The van der Waals surface area contributed by atoms with Crippen molar-refractivity contribution < 1.29 is 29.0 Å². The number of nitrogens with two attached hydrogens (primary N) is 1. The number of morpholine rings is 1. The lowest BCUT2D eigenvalue weighted by Gasteiger charge is -2.26. The Kier molecular flexibility index (Phi) is 7.26. The van der Waals surface area contributed by atoms with E-state index in [1.165, 1.54) is 16.2 Å². The molecule has 0 spiro atoms. The smallest absolute Gasteiger partial charge is 0.303 e. The van der Waals surface area contributed by atoms with Crippen LogP contribution in [0.25, 0.3) is 0 Å². The molecule has 4 rings (SSSR count). The van der Waals surface area contributed by atoms with Gasteiger partial charge in [-0.05, 0) is 24.1 Å². The first-order valence-electron chi connectivity index (χ1n) is 10.9. The minimum atomic E-state index is -1.04. The highest BCUT2D eigenvalue weighted by molar-refractivity contribution is 7.10. The Morgan fingerprint density at radius 3 is 2.79 bits per heavy atom. The van der Waals surface area contributed by atoms with Crippen molar-refractivity contribution in [1.82, 2.24) is 9.80 Å². The fourth-order valence-corrected chi connectivity index (χ4v) is 5.10. The summed E-state index contributed by atoms with van der Waals surface area (Å²) in [7, 11) is 0. The zero-order valence-corrected chi connectivity index (χ0v) is 19.0. The number of rotatable bonds is 10. The summed E-state index contributed by atoms with van der Waals surface area (Å²) >= 11 is 1.44. The minimum absolute atomic E-state index is 0.00806. The Balaban J connectivity index is 1.40. The van der Waals surface area contributed by atoms with Gasteiger partial charge in [-0.1, -0.05) is 12.1 Å². The number of carbonyl (C=O) groups excluding carboxylic acids is 2. The van der Waals surface area contributed by atoms with Crippen LogP contribution in [-0.4, -0.2) is 65.0 Å². The number of hydrogen-bond acceptors (Lipinski definition) is 7. The van der Waals surface area contributed by atoms with Crippen molar-refractivity contribution in [1.29, 1.82) is 0 Å². The molecule has 2 aliphatic rings. The van der Waals surface area contributed by atoms with Crippen molar-refractivity contribution in [2.45, 2.75) is 38.6 Å². The van der Waals surface area contributed by atoms with Gasteiger partial charge in [0.1, 0.15) is 18.4 Å². The molecule has 33 heavy (non-hydrogen) atoms. The highest BCUT2D eigenvalue weighted by Gasteiger charge is 2.37. The summed E-state index contributed by atoms with van der Waals surface area (Å²) < 4.78 is 11.4. The third-order valence-electron chi connectivity index (χ3n) is 5.92. The molecule has 1 aromatic heterocycles. The second-order valence-corrected chi connectivity index (χ2v) is 9.12. The molecule has 2 amide bonds. The van der Waals surface area contributed by atoms with E-state index in [1.54, 1.807) is 5.38 Å². The van der Waals surface area contributed by atoms with Crippen molar-refractivity contribution in [2.75, 3.05) is 26.3 Å². The first-order valence-corrected chi connectivity index (χ1v) is 11.7. The molecule has 3 N–H and O–H groups in total.